The Morgan fingerprint density at radius 3 is 1.32 bits per heavy atom. The predicted octanol–water partition coefficient (Wildman–Crippen LogP) is 12.5. The number of aliphatic hydroxyl groups excluding tert-OH is 2. The van der Waals surface area contributed by atoms with Gasteiger partial charge in [-0.2, -0.15) is 8.42 Å². The summed E-state index contributed by atoms with van der Waals surface area (Å²) in [5.74, 6) is -1.45. The van der Waals surface area contributed by atoms with Crippen LogP contribution in [0.15, 0.2) is 24.3 Å². The van der Waals surface area contributed by atoms with Crippen molar-refractivity contribution in [2.45, 2.75) is 250 Å². The van der Waals surface area contributed by atoms with Crippen LogP contribution in [0.1, 0.15) is 232 Å². The first-order valence-corrected chi connectivity index (χ1v) is 24.2. The molecule has 0 saturated heterocycles. The zero-order chi connectivity index (χ0) is 39.1. The molecule has 314 valence electrons. The van der Waals surface area contributed by atoms with Gasteiger partial charge in [0.1, 0.15) is 6.10 Å². The third-order valence-electron chi connectivity index (χ3n) is 10.5. The van der Waals surface area contributed by atoms with Gasteiger partial charge in [0.2, 0.25) is 5.91 Å². The Kier molecular flexibility index (Phi) is 38.1. The molecule has 7 nitrogen and oxygen atoms in total. The van der Waals surface area contributed by atoms with Crippen LogP contribution in [0.2, 0.25) is 0 Å². The van der Waals surface area contributed by atoms with E-state index in [1.165, 1.54) is 141 Å². The molecule has 3 unspecified atom stereocenters. The monoisotopic (exact) mass is 770 g/mol. The molecule has 53 heavy (non-hydrogen) atoms. The highest BCUT2D eigenvalue weighted by Crippen LogP contribution is 2.17. The number of amides is 1. The minimum Gasteiger partial charge on any atom is -0.391 e. The van der Waals surface area contributed by atoms with Crippen LogP contribution in [-0.4, -0.2) is 53.1 Å². The molecule has 0 aromatic carbocycles. The quantitative estimate of drug-likeness (QED) is 0.0279. The van der Waals surface area contributed by atoms with E-state index in [1.807, 2.05) is 0 Å². The average molecular weight is 770 g/mol. The molecular weight excluding hydrogens is 683 g/mol. The van der Waals surface area contributed by atoms with E-state index in [-0.39, 0.29) is 0 Å². The zero-order valence-corrected chi connectivity index (χ0v) is 35.6. The number of hydrogen-bond donors (Lipinski definition) is 4. The van der Waals surface area contributed by atoms with Crippen molar-refractivity contribution < 1.29 is 28.0 Å². The first-order chi connectivity index (χ1) is 25.7. The standard InChI is InChI=1S/C45H87NO6S/c1-3-5-7-9-11-13-15-17-19-21-22-23-24-26-28-30-32-34-36-38-40-44(48)45(49)46-42(41-53(50,51)52)43(47)39-37-35-33-31-29-27-25-20-18-16-14-12-10-8-6-4-2/h5,7,11,13,42-44,47-48H,3-4,6,8-10,12,14-41H2,1-2H3,(H,46,49)(H,50,51,52)/b7-5-,13-11-. The molecule has 0 aliphatic rings. The fourth-order valence-electron chi connectivity index (χ4n) is 7.09. The zero-order valence-electron chi connectivity index (χ0n) is 34.8. The average Bonchev–Trinajstić information content (AvgIpc) is 3.12. The molecule has 4 N–H and O–H groups in total. The smallest absolute Gasteiger partial charge is 0.266 e. The van der Waals surface area contributed by atoms with E-state index in [0.29, 0.717) is 19.3 Å². The molecule has 0 aliphatic heterocycles. The largest absolute Gasteiger partial charge is 0.391 e. The Morgan fingerprint density at radius 1 is 0.528 bits per heavy atom. The molecule has 0 aromatic rings. The van der Waals surface area contributed by atoms with Gasteiger partial charge in [-0.1, -0.05) is 218 Å². The SMILES string of the molecule is CC/C=C\C/C=C\CCCCCCCCCCCCCCCC(O)C(=O)NC(CS(=O)(=O)O)C(O)CCCCCCCCCCCCCCCCCC. The van der Waals surface area contributed by atoms with Crippen LogP contribution in [0, 0.1) is 0 Å². The van der Waals surface area contributed by atoms with Crippen molar-refractivity contribution in [3.05, 3.63) is 24.3 Å². The first kappa shape index (κ1) is 51.8. The Labute approximate surface area is 328 Å². The minimum atomic E-state index is -4.41. The van der Waals surface area contributed by atoms with Crippen LogP contribution in [0.5, 0.6) is 0 Å². The van der Waals surface area contributed by atoms with Crippen LogP contribution in [0.25, 0.3) is 0 Å². The lowest BCUT2D eigenvalue weighted by atomic mass is 10.0. The highest BCUT2D eigenvalue weighted by molar-refractivity contribution is 7.85. The Bertz CT molecular complexity index is 953. The number of allylic oxidation sites excluding steroid dienone is 4. The summed E-state index contributed by atoms with van der Waals surface area (Å²) in [7, 11) is -4.41. The van der Waals surface area contributed by atoms with Gasteiger partial charge in [-0.15, -0.1) is 0 Å². The van der Waals surface area contributed by atoms with Crippen molar-refractivity contribution in [2.75, 3.05) is 5.75 Å². The molecule has 1 amide bonds. The highest BCUT2D eigenvalue weighted by Gasteiger charge is 2.28. The summed E-state index contributed by atoms with van der Waals surface area (Å²) in [5.41, 5.74) is 0. The summed E-state index contributed by atoms with van der Waals surface area (Å²) in [5, 5.41) is 23.6. The predicted molar refractivity (Wildman–Crippen MR) is 227 cm³/mol. The van der Waals surface area contributed by atoms with Crippen LogP contribution in [0.4, 0.5) is 0 Å². The van der Waals surface area contributed by atoms with Crippen molar-refractivity contribution in [3.63, 3.8) is 0 Å². The number of carbonyl (C=O) groups excluding carboxylic acids is 1. The van der Waals surface area contributed by atoms with Crippen molar-refractivity contribution >= 4 is 16.0 Å². The summed E-state index contributed by atoms with van der Waals surface area (Å²) in [6.07, 6.45) is 46.2. The van der Waals surface area contributed by atoms with Crippen molar-refractivity contribution in [2.24, 2.45) is 0 Å². The molecule has 0 bridgehead atoms. The summed E-state index contributed by atoms with van der Waals surface area (Å²) in [6.45, 7) is 4.42. The second-order valence-corrected chi connectivity index (χ2v) is 17.3. The molecule has 8 heteroatoms. The van der Waals surface area contributed by atoms with Crippen LogP contribution in [-0.2, 0) is 14.9 Å². The van der Waals surface area contributed by atoms with E-state index in [2.05, 4.69) is 43.5 Å². The topological polar surface area (TPSA) is 124 Å². The van der Waals surface area contributed by atoms with E-state index in [0.717, 1.165) is 57.8 Å². The van der Waals surface area contributed by atoms with Gasteiger partial charge in [0, 0.05) is 0 Å². The lowest BCUT2D eigenvalue weighted by Crippen LogP contribution is -2.50. The summed E-state index contributed by atoms with van der Waals surface area (Å²) >= 11 is 0. The number of carbonyl (C=O) groups is 1. The molecule has 0 heterocycles. The molecule has 0 radical (unpaired) electrons. The number of nitrogens with one attached hydrogen (secondary N) is 1. The third-order valence-corrected chi connectivity index (χ3v) is 11.3. The van der Waals surface area contributed by atoms with Gasteiger partial charge >= 0.3 is 0 Å². The second kappa shape index (κ2) is 39.0. The minimum absolute atomic E-state index is 0.298. The normalized spacial score (nSPS) is 14.0. The van der Waals surface area contributed by atoms with E-state index in [4.69, 9.17) is 0 Å². The summed E-state index contributed by atoms with van der Waals surface area (Å²) in [6, 6.07) is -1.14. The molecule has 0 aromatic heterocycles. The van der Waals surface area contributed by atoms with E-state index < -0.39 is 40.0 Å². The molecule has 0 saturated carbocycles. The van der Waals surface area contributed by atoms with Gasteiger partial charge < -0.3 is 15.5 Å². The summed E-state index contributed by atoms with van der Waals surface area (Å²) in [4.78, 5) is 12.6. The Balaban J connectivity index is 3.89. The van der Waals surface area contributed by atoms with Gasteiger partial charge in [0.05, 0.1) is 17.9 Å². The first-order valence-electron chi connectivity index (χ1n) is 22.6. The number of rotatable bonds is 41. The highest BCUT2D eigenvalue weighted by atomic mass is 32.2. The number of aliphatic hydroxyl groups is 2. The van der Waals surface area contributed by atoms with Crippen molar-refractivity contribution in [1.29, 1.82) is 0 Å². The van der Waals surface area contributed by atoms with Crippen molar-refractivity contribution in [3.8, 4) is 0 Å². The molecule has 0 rings (SSSR count). The van der Waals surface area contributed by atoms with Gasteiger partial charge in [-0.25, -0.2) is 0 Å². The van der Waals surface area contributed by atoms with Gasteiger partial charge in [-0.05, 0) is 38.5 Å². The van der Waals surface area contributed by atoms with Crippen LogP contribution >= 0.6 is 0 Å². The summed E-state index contributed by atoms with van der Waals surface area (Å²) < 4.78 is 32.7. The fraction of sp³-hybridized carbons (Fsp3) is 0.889. The maximum Gasteiger partial charge on any atom is 0.266 e. The molecular formula is C45H87NO6S. The van der Waals surface area contributed by atoms with E-state index in [9.17, 15) is 28.0 Å². The van der Waals surface area contributed by atoms with E-state index >= 15 is 0 Å². The Morgan fingerprint density at radius 2 is 0.906 bits per heavy atom. The second-order valence-electron chi connectivity index (χ2n) is 15.8. The van der Waals surface area contributed by atoms with Gasteiger partial charge in [0.25, 0.3) is 10.1 Å². The molecule has 0 fully saturated rings. The van der Waals surface area contributed by atoms with Crippen molar-refractivity contribution in [1.82, 2.24) is 5.32 Å². The third kappa shape index (κ3) is 38.8. The number of unbranched alkanes of at least 4 members (excludes halogenated alkanes) is 28. The van der Waals surface area contributed by atoms with E-state index in [1.54, 1.807) is 0 Å². The fourth-order valence-corrected chi connectivity index (χ4v) is 7.85. The molecule has 3 atom stereocenters. The van der Waals surface area contributed by atoms with Gasteiger partial charge in [0.15, 0.2) is 0 Å². The maximum atomic E-state index is 12.6. The Hall–Kier alpha value is -1.22. The number of hydrogen-bond acceptors (Lipinski definition) is 5. The molecule has 0 spiro atoms. The van der Waals surface area contributed by atoms with Gasteiger partial charge in [-0.3, -0.25) is 9.35 Å². The van der Waals surface area contributed by atoms with Crippen LogP contribution < -0.4 is 5.32 Å². The van der Waals surface area contributed by atoms with Crippen LogP contribution in [0.3, 0.4) is 0 Å². The lowest BCUT2D eigenvalue weighted by Gasteiger charge is -2.24. The molecule has 0 aliphatic carbocycles. The maximum absolute atomic E-state index is 12.6. The lowest BCUT2D eigenvalue weighted by molar-refractivity contribution is -0.131.